The molecule has 0 aliphatic carbocycles. The average Bonchev–Trinajstić information content (AvgIpc) is 2.40. The molecule has 0 fully saturated rings. The molecule has 0 saturated heterocycles. The normalized spacial score (nSPS) is 10.1. The minimum Gasteiger partial charge on any atom is -0.432 e. The number of rotatable bonds is 4. The molecule has 2 rings (SSSR count). The first-order valence-electron chi connectivity index (χ1n) is 5.27. The zero-order chi connectivity index (χ0) is 13.0. The number of hydrogen-bond acceptors (Lipinski definition) is 5. The highest BCUT2D eigenvalue weighted by Gasteiger charge is 2.14. The molecule has 0 bridgehead atoms. The molecule has 0 atom stereocenters. The van der Waals surface area contributed by atoms with E-state index in [0.29, 0.717) is 12.4 Å². The number of nitro groups is 1. The summed E-state index contributed by atoms with van der Waals surface area (Å²) in [6, 6.07) is 9.53. The van der Waals surface area contributed by atoms with Crippen molar-refractivity contribution in [2.75, 3.05) is 0 Å². The fourth-order valence-corrected chi connectivity index (χ4v) is 1.40. The maximum Gasteiger partial charge on any atom is 0.311 e. The summed E-state index contributed by atoms with van der Waals surface area (Å²) in [5.74, 6) is 0.456. The van der Waals surface area contributed by atoms with Crippen molar-refractivity contribution in [3.8, 4) is 11.6 Å². The lowest BCUT2D eigenvalue weighted by atomic mass is 10.3. The SMILES string of the molecule is NCc1ccc(Oc2ccccc2[N+](=O)[O-])nc1. The third-order valence-electron chi connectivity index (χ3n) is 2.31. The van der Waals surface area contributed by atoms with Crippen molar-refractivity contribution >= 4 is 5.69 Å². The van der Waals surface area contributed by atoms with Crippen LogP contribution < -0.4 is 10.5 Å². The summed E-state index contributed by atoms with van der Waals surface area (Å²) in [5, 5.41) is 10.8. The summed E-state index contributed by atoms with van der Waals surface area (Å²) >= 11 is 0. The number of nitrogens with zero attached hydrogens (tertiary/aromatic N) is 2. The van der Waals surface area contributed by atoms with Crippen LogP contribution in [0.3, 0.4) is 0 Å². The summed E-state index contributed by atoms with van der Waals surface area (Å²) in [7, 11) is 0. The second-order valence-corrected chi connectivity index (χ2v) is 3.54. The van der Waals surface area contributed by atoms with Gasteiger partial charge in [-0.15, -0.1) is 0 Å². The zero-order valence-electron chi connectivity index (χ0n) is 9.45. The van der Waals surface area contributed by atoms with Crippen LogP contribution in [0.4, 0.5) is 5.69 Å². The van der Waals surface area contributed by atoms with Gasteiger partial charge in [0.2, 0.25) is 11.6 Å². The second-order valence-electron chi connectivity index (χ2n) is 3.54. The van der Waals surface area contributed by atoms with Gasteiger partial charge >= 0.3 is 5.69 Å². The van der Waals surface area contributed by atoms with Gasteiger partial charge in [0.1, 0.15) is 0 Å². The summed E-state index contributed by atoms with van der Waals surface area (Å²) in [5.41, 5.74) is 6.22. The van der Waals surface area contributed by atoms with Crippen molar-refractivity contribution in [2.24, 2.45) is 5.73 Å². The van der Waals surface area contributed by atoms with Crippen molar-refractivity contribution in [3.05, 3.63) is 58.3 Å². The molecule has 0 amide bonds. The van der Waals surface area contributed by atoms with Crippen molar-refractivity contribution < 1.29 is 9.66 Å². The van der Waals surface area contributed by atoms with E-state index < -0.39 is 4.92 Å². The molecule has 2 aromatic rings. The van der Waals surface area contributed by atoms with Gasteiger partial charge in [0.15, 0.2) is 0 Å². The van der Waals surface area contributed by atoms with Crippen molar-refractivity contribution in [1.82, 2.24) is 4.98 Å². The quantitative estimate of drug-likeness (QED) is 0.658. The molecule has 0 spiro atoms. The Labute approximate surface area is 103 Å². The summed E-state index contributed by atoms with van der Waals surface area (Å²) in [6.07, 6.45) is 1.57. The van der Waals surface area contributed by atoms with Crippen LogP contribution in [0, 0.1) is 10.1 Å². The van der Waals surface area contributed by atoms with Crippen LogP contribution >= 0.6 is 0 Å². The van der Waals surface area contributed by atoms with Gasteiger partial charge < -0.3 is 10.5 Å². The fourth-order valence-electron chi connectivity index (χ4n) is 1.40. The molecule has 6 heteroatoms. The van der Waals surface area contributed by atoms with E-state index in [-0.39, 0.29) is 11.4 Å². The number of pyridine rings is 1. The number of para-hydroxylation sites is 2. The molecule has 0 unspecified atom stereocenters. The van der Waals surface area contributed by atoms with Gasteiger partial charge in [0, 0.05) is 24.9 Å². The number of nitro benzene ring substituents is 1. The molecule has 18 heavy (non-hydrogen) atoms. The van der Waals surface area contributed by atoms with E-state index >= 15 is 0 Å². The lowest BCUT2D eigenvalue weighted by Crippen LogP contribution is -1.98. The molecule has 92 valence electrons. The van der Waals surface area contributed by atoms with Crippen LogP contribution in [0.1, 0.15) is 5.56 Å². The third kappa shape index (κ3) is 2.61. The smallest absolute Gasteiger partial charge is 0.311 e. The summed E-state index contributed by atoms with van der Waals surface area (Å²) in [6.45, 7) is 0.388. The number of ether oxygens (including phenoxy) is 1. The molecule has 0 saturated carbocycles. The van der Waals surface area contributed by atoms with E-state index in [0.717, 1.165) is 5.56 Å². The topological polar surface area (TPSA) is 91.3 Å². The van der Waals surface area contributed by atoms with Crippen molar-refractivity contribution in [1.29, 1.82) is 0 Å². The minimum atomic E-state index is -0.496. The lowest BCUT2D eigenvalue weighted by Gasteiger charge is -2.05. The molecule has 2 N–H and O–H groups in total. The molecule has 0 radical (unpaired) electrons. The average molecular weight is 245 g/mol. The number of benzene rings is 1. The Hall–Kier alpha value is -2.47. The maximum atomic E-state index is 10.8. The molecule has 1 aromatic carbocycles. The number of nitrogens with two attached hydrogens (primary N) is 1. The van der Waals surface area contributed by atoms with Crippen LogP contribution in [-0.4, -0.2) is 9.91 Å². The first-order chi connectivity index (χ1) is 8.70. The van der Waals surface area contributed by atoms with Gasteiger partial charge in [-0.25, -0.2) is 4.98 Å². The van der Waals surface area contributed by atoms with Crippen LogP contribution in [0.25, 0.3) is 0 Å². The van der Waals surface area contributed by atoms with Crippen LogP contribution in [-0.2, 0) is 6.54 Å². The summed E-state index contributed by atoms with van der Waals surface area (Å²) < 4.78 is 5.38. The standard InChI is InChI=1S/C12H11N3O3/c13-7-9-5-6-12(14-8-9)18-11-4-2-1-3-10(11)15(16)17/h1-6,8H,7,13H2. The Balaban J connectivity index is 2.25. The Morgan fingerprint density at radius 2 is 2.06 bits per heavy atom. The Morgan fingerprint density at radius 1 is 1.28 bits per heavy atom. The van der Waals surface area contributed by atoms with E-state index in [1.807, 2.05) is 0 Å². The zero-order valence-corrected chi connectivity index (χ0v) is 9.45. The van der Waals surface area contributed by atoms with E-state index in [1.165, 1.54) is 12.1 Å². The molecular formula is C12H11N3O3. The highest BCUT2D eigenvalue weighted by atomic mass is 16.6. The van der Waals surface area contributed by atoms with Crippen LogP contribution in [0.15, 0.2) is 42.6 Å². The molecule has 0 aliphatic heterocycles. The summed E-state index contributed by atoms with van der Waals surface area (Å²) in [4.78, 5) is 14.3. The molecule has 0 aliphatic rings. The number of hydrogen-bond donors (Lipinski definition) is 1. The Kier molecular flexibility index (Phi) is 3.49. The third-order valence-corrected chi connectivity index (χ3v) is 2.31. The largest absolute Gasteiger partial charge is 0.432 e. The number of aromatic nitrogens is 1. The van der Waals surface area contributed by atoms with Gasteiger partial charge in [0.25, 0.3) is 0 Å². The van der Waals surface area contributed by atoms with Crippen LogP contribution in [0.5, 0.6) is 11.6 Å². The molecule has 1 heterocycles. The molecule has 1 aromatic heterocycles. The van der Waals surface area contributed by atoms with Crippen molar-refractivity contribution in [2.45, 2.75) is 6.54 Å². The first-order valence-corrected chi connectivity index (χ1v) is 5.27. The van der Waals surface area contributed by atoms with Crippen molar-refractivity contribution in [3.63, 3.8) is 0 Å². The van der Waals surface area contributed by atoms with Gasteiger partial charge in [-0.2, -0.15) is 0 Å². The van der Waals surface area contributed by atoms with Gasteiger partial charge in [-0.1, -0.05) is 18.2 Å². The minimum absolute atomic E-state index is 0.0952. The molecular weight excluding hydrogens is 234 g/mol. The predicted molar refractivity (Wildman–Crippen MR) is 65.3 cm³/mol. The van der Waals surface area contributed by atoms with Gasteiger partial charge in [-0.3, -0.25) is 10.1 Å². The van der Waals surface area contributed by atoms with Gasteiger partial charge in [0.05, 0.1) is 4.92 Å². The molecule has 6 nitrogen and oxygen atoms in total. The van der Waals surface area contributed by atoms with Crippen LogP contribution in [0.2, 0.25) is 0 Å². The fraction of sp³-hybridized carbons (Fsp3) is 0.0833. The van der Waals surface area contributed by atoms with E-state index in [4.69, 9.17) is 10.5 Å². The Bertz CT molecular complexity index is 555. The highest BCUT2D eigenvalue weighted by Crippen LogP contribution is 2.29. The van der Waals surface area contributed by atoms with Gasteiger partial charge in [-0.05, 0) is 11.6 Å². The maximum absolute atomic E-state index is 10.8. The highest BCUT2D eigenvalue weighted by molar-refractivity contribution is 5.47. The monoisotopic (exact) mass is 245 g/mol. The first kappa shape index (κ1) is 12.0. The Morgan fingerprint density at radius 3 is 2.67 bits per heavy atom. The van der Waals surface area contributed by atoms with E-state index in [1.54, 1.807) is 30.5 Å². The lowest BCUT2D eigenvalue weighted by molar-refractivity contribution is -0.385. The van der Waals surface area contributed by atoms with E-state index in [2.05, 4.69) is 4.98 Å². The van der Waals surface area contributed by atoms with E-state index in [9.17, 15) is 10.1 Å². The predicted octanol–water partition coefficient (Wildman–Crippen LogP) is 2.24. The second kappa shape index (κ2) is 5.24.